The number of rotatable bonds is 5. The Kier molecular flexibility index (Phi) is 9.18. The van der Waals surface area contributed by atoms with Gasteiger partial charge >= 0.3 is 0 Å². The lowest BCUT2D eigenvalue weighted by Gasteiger charge is -2.26. The maximum atomic E-state index is 5.91. The number of benzene rings is 1. The first-order valence-corrected chi connectivity index (χ1v) is 8.09. The van der Waals surface area contributed by atoms with Crippen LogP contribution in [-0.4, -0.2) is 37.7 Å². The second kappa shape index (κ2) is 10.3. The topological polar surface area (TPSA) is 24.5 Å². The summed E-state index contributed by atoms with van der Waals surface area (Å²) in [6.07, 6.45) is 6.44. The van der Waals surface area contributed by atoms with Crippen LogP contribution in [0.4, 0.5) is 0 Å². The van der Waals surface area contributed by atoms with Crippen LogP contribution in [-0.2, 0) is 13.0 Å². The molecule has 0 aliphatic carbocycles. The predicted octanol–water partition coefficient (Wildman–Crippen LogP) is 3.43. The van der Waals surface area contributed by atoms with Crippen molar-refractivity contribution in [2.75, 3.05) is 32.8 Å². The highest BCUT2D eigenvalue weighted by Gasteiger charge is 2.10. The molecule has 2 aliphatic heterocycles. The molecule has 0 aromatic heterocycles. The first kappa shape index (κ1) is 19.6. The third-order valence-corrected chi connectivity index (χ3v) is 4.40. The highest BCUT2D eigenvalue weighted by Crippen LogP contribution is 2.20. The second-order valence-electron chi connectivity index (χ2n) is 5.96. The molecule has 0 amide bonds. The van der Waals surface area contributed by atoms with Crippen molar-refractivity contribution in [3.8, 4) is 5.75 Å². The molecule has 1 aromatic carbocycles. The summed E-state index contributed by atoms with van der Waals surface area (Å²) in [7, 11) is 0. The number of likely N-dealkylation sites (tertiary alicyclic amines) is 1. The van der Waals surface area contributed by atoms with Crippen molar-refractivity contribution in [3.05, 3.63) is 29.3 Å². The molecule has 1 saturated heterocycles. The first-order chi connectivity index (χ1) is 9.92. The molecule has 0 radical (unpaired) electrons. The van der Waals surface area contributed by atoms with Gasteiger partial charge in [-0.25, -0.2) is 0 Å². The number of piperidine rings is 1. The van der Waals surface area contributed by atoms with Crippen molar-refractivity contribution in [1.82, 2.24) is 10.2 Å². The zero-order valence-corrected chi connectivity index (χ0v) is 14.8. The van der Waals surface area contributed by atoms with Crippen molar-refractivity contribution in [2.24, 2.45) is 0 Å². The summed E-state index contributed by atoms with van der Waals surface area (Å²) in [5.74, 6) is 1.03. The smallest absolute Gasteiger partial charge is 0.119 e. The molecule has 0 spiro atoms. The van der Waals surface area contributed by atoms with Gasteiger partial charge in [0.25, 0.3) is 0 Å². The van der Waals surface area contributed by atoms with E-state index in [4.69, 9.17) is 4.74 Å². The third kappa shape index (κ3) is 5.62. The number of ether oxygens (including phenoxy) is 1. The van der Waals surface area contributed by atoms with Gasteiger partial charge < -0.3 is 15.0 Å². The molecule has 3 rings (SSSR count). The fourth-order valence-electron chi connectivity index (χ4n) is 3.21. The van der Waals surface area contributed by atoms with E-state index in [1.54, 1.807) is 0 Å². The second-order valence-corrected chi connectivity index (χ2v) is 5.96. The number of nitrogens with one attached hydrogen (secondary N) is 1. The Morgan fingerprint density at radius 2 is 1.86 bits per heavy atom. The van der Waals surface area contributed by atoms with Gasteiger partial charge in [-0.15, -0.1) is 24.8 Å². The van der Waals surface area contributed by atoms with Gasteiger partial charge in [0.05, 0.1) is 6.61 Å². The van der Waals surface area contributed by atoms with Crippen molar-refractivity contribution in [1.29, 1.82) is 0 Å². The molecule has 1 aromatic rings. The lowest BCUT2D eigenvalue weighted by Crippen LogP contribution is -2.31. The zero-order valence-electron chi connectivity index (χ0n) is 13.2. The monoisotopic (exact) mass is 346 g/mol. The summed E-state index contributed by atoms with van der Waals surface area (Å²) in [5, 5.41) is 3.42. The van der Waals surface area contributed by atoms with Crippen LogP contribution in [0.15, 0.2) is 18.2 Å². The Balaban J connectivity index is 0.00000121. The van der Waals surface area contributed by atoms with E-state index in [0.29, 0.717) is 0 Å². The summed E-state index contributed by atoms with van der Waals surface area (Å²) in [6.45, 7) is 6.67. The zero-order chi connectivity index (χ0) is 13.6. The van der Waals surface area contributed by atoms with Gasteiger partial charge in [-0.1, -0.05) is 12.5 Å². The van der Waals surface area contributed by atoms with E-state index in [2.05, 4.69) is 28.4 Å². The van der Waals surface area contributed by atoms with Gasteiger partial charge in [-0.2, -0.15) is 0 Å². The van der Waals surface area contributed by atoms with Gasteiger partial charge in [0.1, 0.15) is 5.75 Å². The van der Waals surface area contributed by atoms with Crippen LogP contribution in [0, 0.1) is 0 Å². The minimum Gasteiger partial charge on any atom is -0.494 e. The normalized spacial score (nSPS) is 17.8. The van der Waals surface area contributed by atoms with Gasteiger partial charge in [-0.05, 0) is 68.6 Å². The van der Waals surface area contributed by atoms with Crippen LogP contribution in [0.1, 0.15) is 36.8 Å². The molecular formula is C17H28Cl2N2O. The molecule has 3 nitrogen and oxygen atoms in total. The Morgan fingerprint density at radius 3 is 2.68 bits per heavy atom. The van der Waals surface area contributed by atoms with Crippen LogP contribution in [0.2, 0.25) is 0 Å². The number of halogens is 2. The van der Waals surface area contributed by atoms with Crippen LogP contribution in [0.25, 0.3) is 0 Å². The Hall–Kier alpha value is -0.480. The Labute approximate surface area is 146 Å². The predicted molar refractivity (Wildman–Crippen MR) is 96.8 cm³/mol. The lowest BCUT2D eigenvalue weighted by molar-refractivity contribution is 0.205. The molecule has 0 bridgehead atoms. The summed E-state index contributed by atoms with van der Waals surface area (Å²) in [6, 6.07) is 6.57. The van der Waals surface area contributed by atoms with E-state index in [1.165, 1.54) is 50.0 Å². The molecule has 0 atom stereocenters. The third-order valence-electron chi connectivity index (χ3n) is 4.40. The van der Waals surface area contributed by atoms with E-state index in [-0.39, 0.29) is 24.8 Å². The fraction of sp³-hybridized carbons (Fsp3) is 0.647. The number of nitrogens with zero attached hydrogens (tertiary/aromatic N) is 1. The van der Waals surface area contributed by atoms with E-state index in [0.717, 1.165) is 38.3 Å². The van der Waals surface area contributed by atoms with E-state index < -0.39 is 0 Å². The molecule has 0 unspecified atom stereocenters. The molecule has 1 N–H and O–H groups in total. The molecule has 126 valence electrons. The van der Waals surface area contributed by atoms with Crippen LogP contribution < -0.4 is 10.1 Å². The van der Waals surface area contributed by atoms with Crippen molar-refractivity contribution in [3.63, 3.8) is 0 Å². The number of hydrogen-bond acceptors (Lipinski definition) is 3. The van der Waals surface area contributed by atoms with Gasteiger partial charge in [-0.3, -0.25) is 0 Å². The maximum Gasteiger partial charge on any atom is 0.119 e. The van der Waals surface area contributed by atoms with Crippen molar-refractivity contribution >= 4 is 24.8 Å². The fourth-order valence-corrected chi connectivity index (χ4v) is 3.21. The number of hydrogen-bond donors (Lipinski definition) is 1. The largest absolute Gasteiger partial charge is 0.494 e. The Morgan fingerprint density at radius 1 is 1.05 bits per heavy atom. The SMILES string of the molecule is Cl.Cl.c1cc2c(cc1OCCCN1CCCCC1)CNCC2. The summed E-state index contributed by atoms with van der Waals surface area (Å²) in [4.78, 5) is 2.57. The minimum atomic E-state index is 0. The molecular weight excluding hydrogens is 319 g/mol. The first-order valence-electron chi connectivity index (χ1n) is 8.09. The molecule has 22 heavy (non-hydrogen) atoms. The Bertz CT molecular complexity index is 437. The molecule has 0 saturated carbocycles. The van der Waals surface area contributed by atoms with E-state index >= 15 is 0 Å². The van der Waals surface area contributed by atoms with Gasteiger partial charge in [0.15, 0.2) is 0 Å². The van der Waals surface area contributed by atoms with Crippen molar-refractivity contribution in [2.45, 2.75) is 38.6 Å². The standard InChI is InChI=1S/C17H26N2O.2ClH/c1-2-9-19(10-3-1)11-4-12-20-17-6-5-15-7-8-18-14-16(15)13-17;;/h5-6,13,18H,1-4,7-12,14H2;2*1H. The summed E-state index contributed by atoms with van der Waals surface area (Å²) >= 11 is 0. The average Bonchev–Trinajstić information content (AvgIpc) is 2.52. The summed E-state index contributed by atoms with van der Waals surface area (Å²) in [5.41, 5.74) is 2.88. The van der Waals surface area contributed by atoms with Crippen molar-refractivity contribution < 1.29 is 4.74 Å². The van der Waals surface area contributed by atoms with Crippen LogP contribution in [0.5, 0.6) is 5.75 Å². The maximum absolute atomic E-state index is 5.91. The average molecular weight is 347 g/mol. The molecule has 2 heterocycles. The quantitative estimate of drug-likeness (QED) is 0.826. The number of fused-ring (bicyclic) bond motifs is 1. The molecule has 5 heteroatoms. The highest BCUT2D eigenvalue weighted by molar-refractivity contribution is 5.85. The van der Waals surface area contributed by atoms with Gasteiger partial charge in [0.2, 0.25) is 0 Å². The van der Waals surface area contributed by atoms with Gasteiger partial charge in [0, 0.05) is 13.1 Å². The van der Waals surface area contributed by atoms with Crippen LogP contribution in [0.3, 0.4) is 0 Å². The minimum absolute atomic E-state index is 0. The van der Waals surface area contributed by atoms with E-state index in [9.17, 15) is 0 Å². The lowest BCUT2D eigenvalue weighted by atomic mass is 10.0. The molecule has 1 fully saturated rings. The highest BCUT2D eigenvalue weighted by atomic mass is 35.5. The van der Waals surface area contributed by atoms with E-state index in [1.807, 2.05) is 0 Å². The molecule has 2 aliphatic rings. The van der Waals surface area contributed by atoms with Crippen LogP contribution >= 0.6 is 24.8 Å². The summed E-state index contributed by atoms with van der Waals surface area (Å²) < 4.78 is 5.91.